The van der Waals surface area contributed by atoms with Crippen LogP contribution in [0.3, 0.4) is 0 Å². The molecule has 2 aromatic rings. The first-order valence-electron chi connectivity index (χ1n) is 7.30. The van der Waals surface area contributed by atoms with Crippen molar-refractivity contribution in [2.24, 2.45) is 0 Å². The zero-order chi connectivity index (χ0) is 15.2. The fourth-order valence-corrected chi connectivity index (χ4v) is 2.47. The normalized spacial score (nSPS) is 10.7. The van der Waals surface area contributed by atoms with Crippen LogP contribution in [0.5, 0.6) is 5.75 Å². The number of benzene rings is 2. The Kier molecular flexibility index (Phi) is 5.34. The van der Waals surface area contributed by atoms with Gasteiger partial charge in [0.2, 0.25) is 0 Å². The highest BCUT2D eigenvalue weighted by atomic mass is 19.1. The fourth-order valence-electron chi connectivity index (χ4n) is 2.47. The maximum absolute atomic E-state index is 12.8. The minimum Gasteiger partial charge on any atom is -0.496 e. The molecule has 2 nitrogen and oxygen atoms in total. The summed E-state index contributed by atoms with van der Waals surface area (Å²) in [5.74, 6) is 0.773. The molecule has 0 radical (unpaired) electrons. The lowest BCUT2D eigenvalue weighted by atomic mass is 10.0. The number of quaternary nitrogens is 1. The Balaban J connectivity index is 1.86. The molecule has 0 aliphatic heterocycles. The van der Waals surface area contributed by atoms with Gasteiger partial charge in [-0.2, -0.15) is 0 Å². The predicted octanol–water partition coefficient (Wildman–Crippen LogP) is 2.76. The number of hydrogen-bond acceptors (Lipinski definition) is 1. The number of aryl methyl sites for hydroxylation is 2. The molecule has 0 saturated carbocycles. The molecule has 0 heterocycles. The van der Waals surface area contributed by atoms with Crippen molar-refractivity contribution >= 4 is 0 Å². The molecule has 21 heavy (non-hydrogen) atoms. The first-order chi connectivity index (χ1) is 10.1. The summed E-state index contributed by atoms with van der Waals surface area (Å²) in [4.78, 5) is 0. The van der Waals surface area contributed by atoms with Crippen molar-refractivity contribution in [2.45, 2.75) is 26.8 Å². The molecule has 0 bridgehead atoms. The van der Waals surface area contributed by atoms with Gasteiger partial charge in [0.1, 0.15) is 18.1 Å². The van der Waals surface area contributed by atoms with E-state index in [-0.39, 0.29) is 5.82 Å². The highest BCUT2D eigenvalue weighted by Crippen LogP contribution is 2.21. The average Bonchev–Trinajstić information content (AvgIpc) is 2.48. The van der Waals surface area contributed by atoms with Gasteiger partial charge in [-0.05, 0) is 54.8 Å². The third-order valence-corrected chi connectivity index (χ3v) is 3.77. The standard InChI is InChI=1S/C18H22FNO/c1-13-11-18(21-3)14(2)10-16(13)12-20-9-8-15-4-6-17(19)7-5-15/h4-7,10-11,20H,8-9,12H2,1-3H3/p+1. The van der Waals surface area contributed by atoms with E-state index in [0.717, 1.165) is 25.3 Å². The van der Waals surface area contributed by atoms with Gasteiger partial charge in [0.15, 0.2) is 0 Å². The van der Waals surface area contributed by atoms with E-state index < -0.39 is 0 Å². The maximum atomic E-state index is 12.8. The summed E-state index contributed by atoms with van der Waals surface area (Å²) in [5.41, 5.74) is 4.95. The Morgan fingerprint density at radius 3 is 2.43 bits per heavy atom. The second kappa shape index (κ2) is 7.23. The first-order valence-corrected chi connectivity index (χ1v) is 7.30. The molecule has 0 atom stereocenters. The fraction of sp³-hybridized carbons (Fsp3) is 0.333. The third-order valence-electron chi connectivity index (χ3n) is 3.77. The van der Waals surface area contributed by atoms with E-state index in [4.69, 9.17) is 4.74 Å². The zero-order valence-electron chi connectivity index (χ0n) is 12.9. The lowest BCUT2D eigenvalue weighted by Gasteiger charge is -2.10. The number of rotatable bonds is 6. The van der Waals surface area contributed by atoms with Crippen LogP contribution >= 0.6 is 0 Å². The van der Waals surface area contributed by atoms with Crippen LogP contribution in [0.25, 0.3) is 0 Å². The molecule has 2 aromatic carbocycles. The Bertz CT molecular complexity index is 593. The summed E-state index contributed by atoms with van der Waals surface area (Å²) >= 11 is 0. The monoisotopic (exact) mass is 288 g/mol. The van der Waals surface area contributed by atoms with Crippen LogP contribution in [0, 0.1) is 19.7 Å². The molecule has 0 fully saturated rings. The van der Waals surface area contributed by atoms with Gasteiger partial charge in [-0.25, -0.2) is 4.39 Å². The van der Waals surface area contributed by atoms with Crippen LogP contribution in [0.15, 0.2) is 36.4 Å². The average molecular weight is 288 g/mol. The topological polar surface area (TPSA) is 25.8 Å². The number of halogens is 1. The largest absolute Gasteiger partial charge is 0.496 e. The van der Waals surface area contributed by atoms with Gasteiger partial charge in [-0.3, -0.25) is 0 Å². The molecule has 0 aromatic heterocycles. The minimum absolute atomic E-state index is 0.174. The van der Waals surface area contributed by atoms with E-state index in [1.807, 2.05) is 12.1 Å². The summed E-state index contributed by atoms with van der Waals surface area (Å²) in [7, 11) is 1.70. The molecule has 112 valence electrons. The Hall–Kier alpha value is -1.87. The van der Waals surface area contributed by atoms with Crippen LogP contribution in [0.2, 0.25) is 0 Å². The van der Waals surface area contributed by atoms with Crippen molar-refractivity contribution in [3.8, 4) is 5.75 Å². The second-order valence-electron chi connectivity index (χ2n) is 5.41. The molecular formula is C18H23FNO+. The van der Waals surface area contributed by atoms with Crippen molar-refractivity contribution in [1.82, 2.24) is 0 Å². The second-order valence-corrected chi connectivity index (χ2v) is 5.41. The summed E-state index contributed by atoms with van der Waals surface area (Å²) in [6, 6.07) is 11.0. The molecule has 2 N–H and O–H groups in total. The van der Waals surface area contributed by atoms with E-state index in [0.29, 0.717) is 0 Å². The molecule has 0 aliphatic rings. The lowest BCUT2D eigenvalue weighted by molar-refractivity contribution is -0.670. The Labute approximate surface area is 126 Å². The molecule has 3 heteroatoms. The number of methoxy groups -OCH3 is 1. The van der Waals surface area contributed by atoms with Gasteiger partial charge >= 0.3 is 0 Å². The quantitative estimate of drug-likeness (QED) is 0.813. The highest BCUT2D eigenvalue weighted by molar-refractivity contribution is 5.41. The summed E-state index contributed by atoms with van der Waals surface area (Å²) in [6.07, 6.45) is 0.953. The molecule has 0 spiro atoms. The molecular weight excluding hydrogens is 265 g/mol. The van der Waals surface area contributed by atoms with Crippen LogP contribution in [-0.4, -0.2) is 13.7 Å². The smallest absolute Gasteiger partial charge is 0.123 e. The van der Waals surface area contributed by atoms with Gasteiger partial charge in [0.25, 0.3) is 0 Å². The SMILES string of the molecule is COc1cc(C)c(C[NH2+]CCc2ccc(F)cc2)cc1C. The van der Waals surface area contributed by atoms with Crippen molar-refractivity contribution < 1.29 is 14.4 Å². The van der Waals surface area contributed by atoms with Crippen LogP contribution in [-0.2, 0) is 13.0 Å². The van der Waals surface area contributed by atoms with E-state index in [2.05, 4.69) is 31.3 Å². The molecule has 0 aliphatic carbocycles. The van der Waals surface area contributed by atoms with E-state index in [1.165, 1.54) is 34.4 Å². The Morgan fingerprint density at radius 1 is 1.05 bits per heavy atom. The molecule has 0 amide bonds. The third kappa shape index (κ3) is 4.30. The van der Waals surface area contributed by atoms with Crippen molar-refractivity contribution in [1.29, 1.82) is 0 Å². The van der Waals surface area contributed by atoms with E-state index >= 15 is 0 Å². The van der Waals surface area contributed by atoms with Gasteiger partial charge in [-0.1, -0.05) is 12.1 Å². The van der Waals surface area contributed by atoms with E-state index in [9.17, 15) is 4.39 Å². The van der Waals surface area contributed by atoms with Gasteiger partial charge in [0, 0.05) is 12.0 Å². The first kappa shape index (κ1) is 15.5. The van der Waals surface area contributed by atoms with E-state index in [1.54, 1.807) is 7.11 Å². The number of ether oxygens (including phenoxy) is 1. The van der Waals surface area contributed by atoms with Crippen molar-refractivity contribution in [3.05, 3.63) is 64.5 Å². The predicted molar refractivity (Wildman–Crippen MR) is 83.1 cm³/mol. The maximum Gasteiger partial charge on any atom is 0.123 e. The summed E-state index contributed by atoms with van der Waals surface area (Å²) in [6.45, 7) is 6.14. The lowest BCUT2D eigenvalue weighted by Crippen LogP contribution is -2.83. The van der Waals surface area contributed by atoms with Gasteiger partial charge < -0.3 is 10.1 Å². The highest BCUT2D eigenvalue weighted by Gasteiger charge is 2.06. The molecule has 0 saturated heterocycles. The molecule has 2 rings (SSSR count). The van der Waals surface area contributed by atoms with Gasteiger partial charge in [-0.15, -0.1) is 0 Å². The van der Waals surface area contributed by atoms with Crippen LogP contribution < -0.4 is 10.1 Å². The minimum atomic E-state index is -0.174. The Morgan fingerprint density at radius 2 is 1.76 bits per heavy atom. The van der Waals surface area contributed by atoms with Crippen molar-refractivity contribution in [3.63, 3.8) is 0 Å². The zero-order valence-corrected chi connectivity index (χ0v) is 12.9. The van der Waals surface area contributed by atoms with Crippen LogP contribution in [0.4, 0.5) is 4.39 Å². The molecule has 0 unspecified atom stereocenters. The van der Waals surface area contributed by atoms with Crippen molar-refractivity contribution in [2.75, 3.05) is 13.7 Å². The summed E-state index contributed by atoms with van der Waals surface area (Å²) < 4.78 is 18.2. The number of hydrogen-bond donors (Lipinski definition) is 1. The number of nitrogens with two attached hydrogens (primary N) is 1. The van der Waals surface area contributed by atoms with Gasteiger partial charge in [0.05, 0.1) is 13.7 Å². The summed E-state index contributed by atoms with van der Waals surface area (Å²) in [5, 5.41) is 2.29. The van der Waals surface area contributed by atoms with Crippen LogP contribution in [0.1, 0.15) is 22.3 Å².